The zero-order valence-corrected chi connectivity index (χ0v) is 28.1. The van der Waals surface area contributed by atoms with Crippen molar-refractivity contribution in [2.75, 3.05) is 27.4 Å². The largest absolute Gasteiger partial charge is 0.493 e. The summed E-state index contributed by atoms with van der Waals surface area (Å²) in [5, 5.41) is 21.0. The molecule has 0 saturated carbocycles. The van der Waals surface area contributed by atoms with E-state index in [-0.39, 0.29) is 23.8 Å². The molecule has 1 aliphatic rings. The highest BCUT2D eigenvalue weighted by molar-refractivity contribution is 6.42. The Kier molecular flexibility index (Phi) is 12.4. The zero-order chi connectivity index (χ0) is 34.1. The molecular formula is C32H33Cl3N4O8. The van der Waals surface area contributed by atoms with Gasteiger partial charge in [0.2, 0.25) is 0 Å². The molecular weight excluding hydrogens is 675 g/mol. The first-order chi connectivity index (χ1) is 22.5. The second-order valence-corrected chi connectivity index (χ2v) is 11.2. The van der Waals surface area contributed by atoms with Crippen molar-refractivity contribution >= 4 is 53.0 Å². The number of benzene rings is 3. The lowest BCUT2D eigenvalue weighted by Crippen LogP contribution is -2.45. The van der Waals surface area contributed by atoms with Crippen LogP contribution in [0.15, 0.2) is 64.9 Å². The van der Waals surface area contributed by atoms with Gasteiger partial charge in [-0.1, -0.05) is 46.9 Å². The molecule has 0 radical (unpaired) electrons. The molecule has 2 atom stereocenters. The van der Waals surface area contributed by atoms with Crippen LogP contribution >= 0.6 is 34.8 Å². The molecule has 0 spiro atoms. The molecule has 4 rings (SSSR count). The van der Waals surface area contributed by atoms with Crippen LogP contribution < -0.4 is 35.0 Å². The molecule has 3 aromatic rings. The first kappa shape index (κ1) is 35.5. The fourth-order valence-electron chi connectivity index (χ4n) is 4.56. The van der Waals surface area contributed by atoms with Gasteiger partial charge in [0, 0.05) is 5.70 Å². The number of urea groups is 1. The maximum Gasteiger partial charge on any atom is 0.337 e. The van der Waals surface area contributed by atoms with Gasteiger partial charge in [-0.25, -0.2) is 9.59 Å². The summed E-state index contributed by atoms with van der Waals surface area (Å²) < 4.78 is 27.8. The van der Waals surface area contributed by atoms with Gasteiger partial charge in [0.25, 0.3) is 0 Å². The number of rotatable bonds is 14. The number of halogens is 3. The summed E-state index contributed by atoms with van der Waals surface area (Å²) >= 11 is 18.5. The fourth-order valence-corrected chi connectivity index (χ4v) is 5.15. The Hall–Kier alpha value is -4.36. The first-order valence-electron chi connectivity index (χ1n) is 14.2. The van der Waals surface area contributed by atoms with Crippen molar-refractivity contribution < 1.29 is 38.4 Å². The van der Waals surface area contributed by atoms with Gasteiger partial charge >= 0.3 is 12.0 Å². The smallest absolute Gasteiger partial charge is 0.337 e. The number of nitrogens with one attached hydrogen (secondary N) is 3. The monoisotopic (exact) mass is 706 g/mol. The fraction of sp³-hybridized carbons (Fsp3) is 0.281. The lowest BCUT2D eigenvalue weighted by molar-refractivity contribution is -0.136. The molecule has 0 saturated heterocycles. The minimum Gasteiger partial charge on any atom is -0.493 e. The van der Waals surface area contributed by atoms with Crippen molar-refractivity contribution in [3.05, 3.63) is 91.6 Å². The van der Waals surface area contributed by atoms with Crippen LogP contribution in [0.1, 0.15) is 36.6 Å². The van der Waals surface area contributed by atoms with Crippen molar-refractivity contribution in [1.82, 2.24) is 16.1 Å². The van der Waals surface area contributed by atoms with Gasteiger partial charge in [0.05, 0.1) is 53.7 Å². The highest BCUT2D eigenvalue weighted by atomic mass is 35.5. The average molecular weight is 708 g/mol. The van der Waals surface area contributed by atoms with Crippen molar-refractivity contribution in [3.63, 3.8) is 0 Å². The predicted octanol–water partition coefficient (Wildman–Crippen LogP) is 5.75. The number of esters is 1. The summed E-state index contributed by atoms with van der Waals surface area (Å²) in [4.78, 5) is 24.6. The molecule has 2 amide bonds. The van der Waals surface area contributed by atoms with E-state index >= 15 is 0 Å². The number of carbonyl (C=O) groups is 2. The van der Waals surface area contributed by atoms with Crippen molar-refractivity contribution in [3.8, 4) is 23.0 Å². The van der Waals surface area contributed by atoms with Crippen LogP contribution in [0.2, 0.25) is 15.1 Å². The van der Waals surface area contributed by atoms with Gasteiger partial charge in [-0.05, 0) is 66.9 Å². The van der Waals surface area contributed by atoms with Crippen molar-refractivity contribution in [1.29, 1.82) is 0 Å². The average Bonchev–Trinajstić information content (AvgIpc) is 3.04. The number of ether oxygens (including phenoxy) is 5. The Morgan fingerprint density at radius 2 is 1.79 bits per heavy atom. The summed E-state index contributed by atoms with van der Waals surface area (Å²) in [6.07, 6.45) is 0.245. The van der Waals surface area contributed by atoms with E-state index in [2.05, 4.69) is 21.2 Å². The molecule has 47 heavy (non-hydrogen) atoms. The van der Waals surface area contributed by atoms with Crippen LogP contribution in [0.5, 0.6) is 23.0 Å². The Morgan fingerprint density at radius 3 is 2.49 bits per heavy atom. The number of carbonyl (C=O) groups excluding carboxylic acids is 2. The standard InChI is InChI=1S/C32H33Cl3N4O8/c1-5-45-25-13-20(29-28(31(41)44-4)17(2)37-32(42)38-29)7-9-24(25)46-16-27(40)39-36-14-19-11-23(35)30(26(12-19)43-3)47-15-18-6-8-21(33)22(34)10-18/h6-14,27,29,39-40H,5,15-16H2,1-4H3,(H2,37,38,42)/b36-14-/t27-,29+/m1/s1. The van der Waals surface area contributed by atoms with Gasteiger partial charge in [0.15, 0.2) is 29.2 Å². The predicted molar refractivity (Wildman–Crippen MR) is 178 cm³/mol. The minimum absolute atomic E-state index is 0.182. The molecule has 1 aliphatic heterocycles. The van der Waals surface area contributed by atoms with E-state index in [0.717, 1.165) is 5.56 Å². The van der Waals surface area contributed by atoms with Crippen LogP contribution in [-0.2, 0) is 16.1 Å². The summed E-state index contributed by atoms with van der Waals surface area (Å²) in [6, 6.07) is 12.2. The zero-order valence-electron chi connectivity index (χ0n) is 25.9. The lowest BCUT2D eigenvalue weighted by atomic mass is 9.95. The number of methoxy groups -OCH3 is 2. The summed E-state index contributed by atoms with van der Waals surface area (Å²) in [6.45, 7) is 3.72. The van der Waals surface area contributed by atoms with Gasteiger partial charge in [-0.15, -0.1) is 0 Å². The van der Waals surface area contributed by atoms with Gasteiger partial charge in [-0.2, -0.15) is 5.10 Å². The molecule has 12 nitrogen and oxygen atoms in total. The van der Waals surface area contributed by atoms with Crippen molar-refractivity contribution in [2.45, 2.75) is 32.7 Å². The van der Waals surface area contributed by atoms with Crippen molar-refractivity contribution in [2.24, 2.45) is 5.10 Å². The first-order valence-corrected chi connectivity index (χ1v) is 15.3. The highest BCUT2D eigenvalue weighted by Gasteiger charge is 2.32. The van der Waals surface area contributed by atoms with Crippen LogP contribution in [0.25, 0.3) is 0 Å². The molecule has 1 heterocycles. The third-order valence-corrected chi connectivity index (χ3v) is 7.75. The highest BCUT2D eigenvalue weighted by Crippen LogP contribution is 2.37. The lowest BCUT2D eigenvalue weighted by Gasteiger charge is -2.28. The number of allylic oxidation sites excluding steroid dienone is 1. The summed E-state index contributed by atoms with van der Waals surface area (Å²) in [5.74, 6) is 0.804. The third-order valence-electron chi connectivity index (χ3n) is 6.73. The minimum atomic E-state index is -1.20. The third kappa shape index (κ3) is 9.13. The summed E-state index contributed by atoms with van der Waals surface area (Å²) in [5.41, 5.74) is 5.16. The number of nitrogens with zero attached hydrogens (tertiary/aromatic N) is 1. The number of hydrazone groups is 1. The van der Waals surface area contributed by atoms with E-state index < -0.39 is 24.3 Å². The second kappa shape index (κ2) is 16.5. The Labute approximate surface area is 286 Å². The van der Waals surface area contributed by atoms with Gasteiger partial charge in [-0.3, -0.25) is 5.43 Å². The molecule has 0 bridgehead atoms. The van der Waals surface area contributed by atoms with E-state index in [4.69, 9.17) is 58.5 Å². The van der Waals surface area contributed by atoms with E-state index in [1.165, 1.54) is 20.4 Å². The van der Waals surface area contributed by atoms with Crippen LogP contribution in [0, 0.1) is 0 Å². The Bertz CT molecular complexity index is 1680. The van der Waals surface area contributed by atoms with E-state index in [1.807, 2.05) is 0 Å². The molecule has 3 aromatic carbocycles. The summed E-state index contributed by atoms with van der Waals surface area (Å²) in [7, 11) is 2.75. The molecule has 15 heteroatoms. The second-order valence-electron chi connectivity index (χ2n) is 9.99. The number of aliphatic hydroxyl groups is 1. The van der Waals surface area contributed by atoms with Gasteiger partial charge < -0.3 is 39.4 Å². The molecule has 0 fully saturated rings. The number of aliphatic hydroxyl groups excluding tert-OH is 1. The van der Waals surface area contributed by atoms with E-state index in [9.17, 15) is 14.7 Å². The number of amides is 2. The molecule has 0 unspecified atom stereocenters. The van der Waals surface area contributed by atoms with Crippen LogP contribution in [0.3, 0.4) is 0 Å². The number of hydrogen-bond donors (Lipinski definition) is 4. The quantitative estimate of drug-likeness (QED) is 0.0711. The molecule has 4 N–H and O–H groups in total. The number of hydrogen-bond acceptors (Lipinski definition) is 10. The normalized spacial score (nSPS) is 15.1. The van der Waals surface area contributed by atoms with E-state index in [0.29, 0.717) is 56.5 Å². The topological polar surface area (TPSA) is 149 Å². The molecule has 250 valence electrons. The Balaban J connectivity index is 1.39. The van der Waals surface area contributed by atoms with E-state index in [1.54, 1.807) is 62.4 Å². The maximum atomic E-state index is 12.5. The molecule has 0 aromatic heterocycles. The molecule has 0 aliphatic carbocycles. The Morgan fingerprint density at radius 1 is 1.00 bits per heavy atom. The van der Waals surface area contributed by atoms with Gasteiger partial charge in [0.1, 0.15) is 13.2 Å². The van der Waals surface area contributed by atoms with Crippen LogP contribution in [-0.4, -0.2) is 57.0 Å². The SMILES string of the molecule is CCOc1cc([C@@H]2NC(=O)NC(C)=C2C(=O)OC)ccc1OC[C@@H](O)N/N=C\c1cc(Cl)c(OCc2ccc(Cl)c(Cl)c2)c(OC)c1. The maximum absolute atomic E-state index is 12.5. The van der Waals surface area contributed by atoms with Crippen LogP contribution in [0.4, 0.5) is 4.79 Å².